The fourth-order valence-corrected chi connectivity index (χ4v) is 3.28. The van der Waals surface area contributed by atoms with E-state index < -0.39 is 0 Å². The lowest BCUT2D eigenvalue weighted by molar-refractivity contribution is 0.341. The van der Waals surface area contributed by atoms with Crippen molar-refractivity contribution in [2.45, 2.75) is 44.6 Å². The predicted molar refractivity (Wildman–Crippen MR) is 74.4 cm³/mol. The molecule has 1 unspecified atom stereocenters. The zero-order chi connectivity index (χ0) is 13.0. The van der Waals surface area contributed by atoms with E-state index in [1.165, 1.54) is 44.6 Å². The highest BCUT2D eigenvalue weighted by molar-refractivity contribution is 6.31. The van der Waals surface area contributed by atoms with Gasteiger partial charge in [0, 0.05) is 11.1 Å². The molecule has 0 amide bonds. The minimum absolute atomic E-state index is 0.172. The molecule has 18 heavy (non-hydrogen) atoms. The van der Waals surface area contributed by atoms with Crippen LogP contribution in [-0.2, 0) is 0 Å². The third-order valence-electron chi connectivity index (χ3n) is 3.98. The summed E-state index contributed by atoms with van der Waals surface area (Å²) in [5.74, 6) is 0.361. The molecule has 3 heteroatoms. The van der Waals surface area contributed by atoms with E-state index in [9.17, 15) is 4.39 Å². The maximum Gasteiger partial charge on any atom is 0.123 e. The molecule has 1 N–H and O–H groups in total. The number of halogens is 2. The first-order chi connectivity index (χ1) is 8.72. The SMILES string of the molecule is CNC(c1cc(F)ccc1Cl)C1CCCCCC1. The lowest BCUT2D eigenvalue weighted by atomic mass is 9.87. The van der Waals surface area contributed by atoms with Crippen LogP contribution in [0.4, 0.5) is 4.39 Å². The molecule has 0 heterocycles. The lowest BCUT2D eigenvalue weighted by Crippen LogP contribution is -2.25. The second kappa shape index (κ2) is 6.53. The molecule has 1 fully saturated rings. The highest BCUT2D eigenvalue weighted by Crippen LogP contribution is 2.36. The van der Waals surface area contributed by atoms with Crippen LogP contribution in [0.2, 0.25) is 5.02 Å². The molecular formula is C15H21ClFN. The molecule has 1 atom stereocenters. The van der Waals surface area contributed by atoms with E-state index in [-0.39, 0.29) is 11.9 Å². The standard InChI is InChI=1S/C15H21ClFN/c1-18-15(11-6-4-2-3-5-7-11)13-10-12(17)8-9-14(13)16/h8-11,15,18H,2-7H2,1H3. The zero-order valence-corrected chi connectivity index (χ0v) is 11.6. The first kappa shape index (κ1) is 13.8. The Kier molecular flexibility index (Phi) is 5.02. The summed E-state index contributed by atoms with van der Waals surface area (Å²) in [6.45, 7) is 0. The summed E-state index contributed by atoms with van der Waals surface area (Å²) >= 11 is 6.22. The van der Waals surface area contributed by atoms with Crippen molar-refractivity contribution < 1.29 is 4.39 Å². The molecule has 1 aliphatic rings. The highest BCUT2D eigenvalue weighted by Gasteiger charge is 2.24. The van der Waals surface area contributed by atoms with E-state index in [0.29, 0.717) is 10.9 Å². The van der Waals surface area contributed by atoms with Crippen LogP contribution >= 0.6 is 11.6 Å². The number of hydrogen-bond acceptors (Lipinski definition) is 1. The number of benzene rings is 1. The summed E-state index contributed by atoms with van der Waals surface area (Å²) in [7, 11) is 1.94. The van der Waals surface area contributed by atoms with E-state index in [0.717, 1.165) is 5.56 Å². The van der Waals surface area contributed by atoms with E-state index >= 15 is 0 Å². The summed E-state index contributed by atoms with van der Waals surface area (Å²) in [4.78, 5) is 0. The van der Waals surface area contributed by atoms with Gasteiger partial charge in [0.05, 0.1) is 0 Å². The Morgan fingerprint density at radius 1 is 1.22 bits per heavy atom. The largest absolute Gasteiger partial charge is 0.313 e. The summed E-state index contributed by atoms with van der Waals surface area (Å²) < 4.78 is 13.4. The van der Waals surface area contributed by atoms with Gasteiger partial charge in [0.2, 0.25) is 0 Å². The van der Waals surface area contributed by atoms with Gasteiger partial charge in [-0.25, -0.2) is 4.39 Å². The monoisotopic (exact) mass is 269 g/mol. The highest BCUT2D eigenvalue weighted by atomic mass is 35.5. The van der Waals surface area contributed by atoms with E-state index in [2.05, 4.69) is 5.32 Å². The van der Waals surface area contributed by atoms with E-state index in [4.69, 9.17) is 11.6 Å². The maximum atomic E-state index is 13.4. The lowest BCUT2D eigenvalue weighted by Gasteiger charge is -2.27. The Morgan fingerprint density at radius 3 is 2.50 bits per heavy atom. The molecule has 100 valence electrons. The van der Waals surface area contributed by atoms with Crippen molar-refractivity contribution in [1.29, 1.82) is 0 Å². The van der Waals surface area contributed by atoms with Gasteiger partial charge in [-0.15, -0.1) is 0 Å². The third kappa shape index (κ3) is 3.24. The average molecular weight is 270 g/mol. The van der Waals surface area contributed by atoms with Crippen LogP contribution in [0.3, 0.4) is 0 Å². The minimum atomic E-state index is -0.205. The van der Waals surface area contributed by atoms with Crippen LogP contribution in [0.25, 0.3) is 0 Å². The van der Waals surface area contributed by atoms with Gasteiger partial charge in [0.1, 0.15) is 5.82 Å². The van der Waals surface area contributed by atoms with Crippen molar-refractivity contribution in [2.75, 3.05) is 7.05 Å². The quantitative estimate of drug-likeness (QED) is 0.784. The van der Waals surface area contributed by atoms with Gasteiger partial charge in [0.15, 0.2) is 0 Å². The van der Waals surface area contributed by atoms with Crippen LogP contribution in [0.1, 0.15) is 50.1 Å². The molecule has 0 spiro atoms. The first-order valence-electron chi connectivity index (χ1n) is 6.84. The van der Waals surface area contributed by atoms with Gasteiger partial charge in [0.25, 0.3) is 0 Å². The Bertz CT molecular complexity index is 386. The smallest absolute Gasteiger partial charge is 0.123 e. The van der Waals surface area contributed by atoms with Gasteiger partial charge in [-0.05, 0) is 49.6 Å². The van der Waals surface area contributed by atoms with Gasteiger partial charge in [-0.1, -0.05) is 37.3 Å². The number of hydrogen-bond donors (Lipinski definition) is 1. The third-order valence-corrected chi connectivity index (χ3v) is 4.32. The second-order valence-corrected chi connectivity index (χ2v) is 5.59. The summed E-state index contributed by atoms with van der Waals surface area (Å²) in [6, 6.07) is 4.83. The topological polar surface area (TPSA) is 12.0 Å². The molecule has 1 aromatic rings. The van der Waals surface area contributed by atoms with Crippen molar-refractivity contribution >= 4 is 11.6 Å². The molecular weight excluding hydrogens is 249 g/mol. The van der Waals surface area contributed by atoms with Crippen molar-refractivity contribution in [3.63, 3.8) is 0 Å². The molecule has 0 saturated heterocycles. The summed E-state index contributed by atoms with van der Waals surface area (Å²) in [5.41, 5.74) is 0.908. The molecule has 0 bridgehead atoms. The fraction of sp³-hybridized carbons (Fsp3) is 0.600. The van der Waals surface area contributed by atoms with Gasteiger partial charge >= 0.3 is 0 Å². The molecule has 0 aromatic heterocycles. The van der Waals surface area contributed by atoms with Gasteiger partial charge in [-0.3, -0.25) is 0 Å². The van der Waals surface area contributed by atoms with Gasteiger partial charge < -0.3 is 5.32 Å². The van der Waals surface area contributed by atoms with Crippen LogP contribution in [-0.4, -0.2) is 7.05 Å². The molecule has 2 rings (SSSR count). The van der Waals surface area contributed by atoms with Crippen LogP contribution < -0.4 is 5.32 Å². The molecule has 1 aliphatic carbocycles. The van der Waals surface area contributed by atoms with Crippen LogP contribution in [0.15, 0.2) is 18.2 Å². The Morgan fingerprint density at radius 2 is 1.89 bits per heavy atom. The Balaban J connectivity index is 2.23. The normalized spacial score (nSPS) is 19.5. The Hall–Kier alpha value is -0.600. The number of rotatable bonds is 3. The second-order valence-electron chi connectivity index (χ2n) is 5.18. The molecule has 1 saturated carbocycles. The van der Waals surface area contributed by atoms with Crippen molar-refractivity contribution in [2.24, 2.45) is 5.92 Å². The number of nitrogens with one attached hydrogen (secondary N) is 1. The van der Waals surface area contributed by atoms with E-state index in [1.54, 1.807) is 12.1 Å². The predicted octanol–water partition coefficient (Wildman–Crippen LogP) is 4.71. The first-order valence-corrected chi connectivity index (χ1v) is 7.22. The van der Waals surface area contributed by atoms with E-state index in [1.807, 2.05) is 7.05 Å². The van der Waals surface area contributed by atoms with Crippen molar-refractivity contribution in [3.05, 3.63) is 34.6 Å². The van der Waals surface area contributed by atoms with Crippen LogP contribution in [0, 0.1) is 11.7 Å². The minimum Gasteiger partial charge on any atom is -0.313 e. The molecule has 1 nitrogen and oxygen atoms in total. The average Bonchev–Trinajstić information content (AvgIpc) is 2.64. The zero-order valence-electron chi connectivity index (χ0n) is 10.9. The van der Waals surface area contributed by atoms with Gasteiger partial charge in [-0.2, -0.15) is 0 Å². The Labute approximate surface area is 114 Å². The molecule has 0 aliphatic heterocycles. The van der Waals surface area contributed by atoms with Crippen LogP contribution in [0.5, 0.6) is 0 Å². The summed E-state index contributed by atoms with van der Waals surface area (Å²) in [6.07, 6.45) is 7.61. The maximum absolute atomic E-state index is 13.4. The van der Waals surface area contributed by atoms with Crippen molar-refractivity contribution in [1.82, 2.24) is 5.32 Å². The molecule has 0 radical (unpaired) electrons. The fourth-order valence-electron chi connectivity index (χ4n) is 3.04. The van der Waals surface area contributed by atoms with Crippen molar-refractivity contribution in [3.8, 4) is 0 Å². The molecule has 1 aromatic carbocycles. The summed E-state index contributed by atoms with van der Waals surface area (Å²) in [5, 5.41) is 4.00.